The molecule has 7 nitrogen and oxygen atoms in total. The van der Waals surface area contributed by atoms with Gasteiger partial charge in [0.2, 0.25) is 10.0 Å². The highest BCUT2D eigenvalue weighted by Crippen LogP contribution is 2.11. The van der Waals surface area contributed by atoms with Crippen molar-refractivity contribution >= 4 is 40.8 Å². The van der Waals surface area contributed by atoms with Crippen LogP contribution < -0.4 is 10.0 Å². The third-order valence-electron chi connectivity index (χ3n) is 3.52. The molecule has 0 saturated carbocycles. The van der Waals surface area contributed by atoms with Crippen LogP contribution in [0.3, 0.4) is 0 Å². The lowest BCUT2D eigenvalue weighted by Gasteiger charge is -2.27. The molecular formula is C14H23Cl2N3O4S. The van der Waals surface area contributed by atoms with Gasteiger partial charge >= 0.3 is 5.97 Å². The third kappa shape index (κ3) is 6.54. The Kier molecular flexibility index (Phi) is 10.5. The van der Waals surface area contributed by atoms with Gasteiger partial charge in [0, 0.05) is 39.3 Å². The molecule has 1 saturated heterocycles. The first-order chi connectivity index (χ1) is 10.5. The van der Waals surface area contributed by atoms with E-state index in [0.717, 1.165) is 26.2 Å². The molecule has 24 heavy (non-hydrogen) atoms. The molecule has 1 aromatic carbocycles. The second kappa shape index (κ2) is 10.9. The number of methoxy groups -OCH3 is 1. The standard InChI is InChI=1S/C14H21N3O4S.2ClH/c1-21-14(18)12-2-4-13(5-3-12)22(19,20)16-8-11-17-9-6-15-7-10-17;;/h2-5,15-16H,6-11H2,1H3;2*1H. The fraction of sp³-hybridized carbons (Fsp3) is 0.500. The largest absolute Gasteiger partial charge is 0.465 e. The highest BCUT2D eigenvalue weighted by molar-refractivity contribution is 7.89. The zero-order valence-corrected chi connectivity index (χ0v) is 15.8. The van der Waals surface area contributed by atoms with Crippen molar-refractivity contribution in [3.63, 3.8) is 0 Å². The zero-order valence-electron chi connectivity index (χ0n) is 13.4. The molecule has 0 aromatic heterocycles. The highest BCUT2D eigenvalue weighted by atomic mass is 35.5. The third-order valence-corrected chi connectivity index (χ3v) is 4.99. The maximum Gasteiger partial charge on any atom is 0.337 e. The number of benzene rings is 1. The Morgan fingerprint density at radius 3 is 2.33 bits per heavy atom. The summed E-state index contributed by atoms with van der Waals surface area (Å²) >= 11 is 0. The van der Waals surface area contributed by atoms with Gasteiger partial charge in [0.25, 0.3) is 0 Å². The lowest BCUT2D eigenvalue weighted by atomic mass is 10.2. The first-order valence-corrected chi connectivity index (χ1v) is 8.62. The summed E-state index contributed by atoms with van der Waals surface area (Å²) < 4.78 is 31.5. The molecular weight excluding hydrogens is 377 g/mol. The Morgan fingerprint density at radius 1 is 1.21 bits per heavy atom. The number of carbonyl (C=O) groups is 1. The van der Waals surface area contributed by atoms with Crippen molar-refractivity contribution in [3.05, 3.63) is 29.8 Å². The number of rotatable bonds is 6. The van der Waals surface area contributed by atoms with Crippen LogP contribution >= 0.6 is 24.8 Å². The molecule has 0 bridgehead atoms. The van der Waals surface area contributed by atoms with E-state index < -0.39 is 16.0 Å². The maximum atomic E-state index is 12.2. The molecule has 138 valence electrons. The van der Waals surface area contributed by atoms with Crippen LogP contribution in [0.5, 0.6) is 0 Å². The van der Waals surface area contributed by atoms with Crippen LogP contribution in [0.4, 0.5) is 0 Å². The van der Waals surface area contributed by atoms with Crippen LogP contribution in [0.1, 0.15) is 10.4 Å². The van der Waals surface area contributed by atoms with Crippen molar-refractivity contribution in [3.8, 4) is 0 Å². The fourth-order valence-electron chi connectivity index (χ4n) is 2.24. The number of nitrogens with one attached hydrogen (secondary N) is 2. The number of nitrogens with zero attached hydrogens (tertiary/aromatic N) is 1. The molecule has 1 fully saturated rings. The number of halogens is 2. The van der Waals surface area contributed by atoms with Gasteiger partial charge in [0.15, 0.2) is 0 Å². The summed E-state index contributed by atoms with van der Waals surface area (Å²) in [7, 11) is -2.27. The van der Waals surface area contributed by atoms with E-state index in [2.05, 4.69) is 19.7 Å². The first-order valence-electron chi connectivity index (χ1n) is 7.14. The second-order valence-corrected chi connectivity index (χ2v) is 6.77. The lowest BCUT2D eigenvalue weighted by Crippen LogP contribution is -2.46. The second-order valence-electron chi connectivity index (χ2n) is 5.01. The quantitative estimate of drug-likeness (QED) is 0.677. The molecule has 2 rings (SSSR count). The van der Waals surface area contributed by atoms with Gasteiger partial charge in [-0.15, -0.1) is 24.8 Å². The number of ether oxygens (including phenoxy) is 1. The summed E-state index contributed by atoms with van der Waals surface area (Å²) in [6.45, 7) is 4.76. The fourth-order valence-corrected chi connectivity index (χ4v) is 3.27. The van der Waals surface area contributed by atoms with Crippen LogP contribution in [-0.2, 0) is 14.8 Å². The summed E-state index contributed by atoms with van der Waals surface area (Å²) in [5.41, 5.74) is 0.322. The number of hydrogen-bond acceptors (Lipinski definition) is 6. The van der Waals surface area contributed by atoms with Gasteiger partial charge in [-0.2, -0.15) is 0 Å². The normalized spacial score (nSPS) is 15.0. The van der Waals surface area contributed by atoms with Crippen molar-refractivity contribution < 1.29 is 17.9 Å². The molecule has 0 aliphatic carbocycles. The van der Waals surface area contributed by atoms with Gasteiger partial charge in [0.1, 0.15) is 0 Å². The van der Waals surface area contributed by atoms with E-state index in [9.17, 15) is 13.2 Å². The predicted molar refractivity (Wildman–Crippen MR) is 96.8 cm³/mol. The monoisotopic (exact) mass is 399 g/mol. The lowest BCUT2D eigenvalue weighted by molar-refractivity contribution is 0.0600. The van der Waals surface area contributed by atoms with Crippen molar-refractivity contribution in [2.75, 3.05) is 46.4 Å². The molecule has 0 unspecified atom stereocenters. The number of sulfonamides is 1. The molecule has 1 aliphatic heterocycles. The molecule has 0 radical (unpaired) electrons. The molecule has 1 aromatic rings. The summed E-state index contributed by atoms with van der Waals surface area (Å²) in [6.07, 6.45) is 0. The molecule has 2 N–H and O–H groups in total. The minimum absolute atomic E-state index is 0. The number of carbonyl (C=O) groups excluding carboxylic acids is 1. The van der Waals surface area contributed by atoms with E-state index >= 15 is 0 Å². The molecule has 10 heteroatoms. The van der Waals surface area contributed by atoms with Crippen molar-refractivity contribution in [1.82, 2.24) is 14.9 Å². The highest BCUT2D eigenvalue weighted by Gasteiger charge is 2.16. The van der Waals surface area contributed by atoms with Gasteiger partial charge < -0.3 is 10.1 Å². The minimum atomic E-state index is -3.55. The van der Waals surface area contributed by atoms with E-state index in [1.807, 2.05) is 0 Å². The van der Waals surface area contributed by atoms with E-state index in [-0.39, 0.29) is 29.7 Å². The van der Waals surface area contributed by atoms with Gasteiger partial charge in [-0.1, -0.05) is 0 Å². The van der Waals surface area contributed by atoms with Crippen LogP contribution in [-0.4, -0.2) is 65.7 Å². The van der Waals surface area contributed by atoms with Gasteiger partial charge in [-0.25, -0.2) is 17.9 Å². The topological polar surface area (TPSA) is 87.7 Å². The summed E-state index contributed by atoms with van der Waals surface area (Å²) in [6, 6.07) is 5.69. The minimum Gasteiger partial charge on any atom is -0.465 e. The number of hydrogen-bond donors (Lipinski definition) is 2. The van der Waals surface area contributed by atoms with E-state index in [0.29, 0.717) is 18.7 Å². The first kappa shape index (κ1) is 23.1. The Labute approximate surface area is 155 Å². The summed E-state index contributed by atoms with van der Waals surface area (Å²) in [5.74, 6) is -0.490. The molecule has 0 spiro atoms. The van der Waals surface area contributed by atoms with Crippen LogP contribution in [0, 0.1) is 0 Å². The summed E-state index contributed by atoms with van der Waals surface area (Å²) in [5, 5.41) is 3.25. The molecule has 1 heterocycles. The Hall–Kier alpha value is -0.900. The molecule has 1 aliphatic rings. The summed E-state index contributed by atoms with van der Waals surface area (Å²) in [4.78, 5) is 13.7. The van der Waals surface area contributed by atoms with Gasteiger partial charge in [-0.05, 0) is 24.3 Å². The maximum absolute atomic E-state index is 12.2. The van der Waals surface area contributed by atoms with E-state index in [1.165, 1.54) is 31.4 Å². The number of piperazine rings is 1. The Balaban J connectivity index is 0.00000264. The number of esters is 1. The average Bonchev–Trinajstić information content (AvgIpc) is 2.55. The van der Waals surface area contributed by atoms with Crippen molar-refractivity contribution in [2.24, 2.45) is 0 Å². The molecule has 0 atom stereocenters. The smallest absolute Gasteiger partial charge is 0.337 e. The van der Waals surface area contributed by atoms with E-state index in [1.54, 1.807) is 0 Å². The van der Waals surface area contributed by atoms with Gasteiger partial charge in [-0.3, -0.25) is 4.90 Å². The molecule has 0 amide bonds. The van der Waals surface area contributed by atoms with Crippen molar-refractivity contribution in [1.29, 1.82) is 0 Å². The zero-order chi connectivity index (χ0) is 16.0. The van der Waals surface area contributed by atoms with E-state index in [4.69, 9.17) is 0 Å². The van der Waals surface area contributed by atoms with Crippen LogP contribution in [0.25, 0.3) is 0 Å². The van der Waals surface area contributed by atoms with Crippen molar-refractivity contribution in [2.45, 2.75) is 4.90 Å². The Morgan fingerprint density at radius 2 is 1.79 bits per heavy atom. The van der Waals surface area contributed by atoms with Crippen LogP contribution in [0.2, 0.25) is 0 Å². The predicted octanol–water partition coefficient (Wildman–Crippen LogP) is 0.500. The Bertz CT molecular complexity index is 605. The van der Waals surface area contributed by atoms with Gasteiger partial charge in [0.05, 0.1) is 17.6 Å². The van der Waals surface area contributed by atoms with Crippen LogP contribution in [0.15, 0.2) is 29.2 Å². The average molecular weight is 400 g/mol. The SMILES string of the molecule is COC(=O)c1ccc(S(=O)(=O)NCCN2CCNCC2)cc1.Cl.Cl.